The van der Waals surface area contributed by atoms with Crippen molar-refractivity contribution >= 4 is 17.8 Å². The topological polar surface area (TPSA) is 77.9 Å². The fourth-order valence-electron chi connectivity index (χ4n) is 4.25. The average Bonchev–Trinajstić information content (AvgIpc) is 2.97. The summed E-state index contributed by atoms with van der Waals surface area (Å²) in [4.78, 5) is 39.6. The number of carboxylic acids is 1. The molecule has 128 valence electrons. The van der Waals surface area contributed by atoms with Gasteiger partial charge in [-0.15, -0.1) is 0 Å². The van der Waals surface area contributed by atoms with Gasteiger partial charge in [0.25, 0.3) is 0 Å². The zero-order chi connectivity index (χ0) is 16.4. The number of rotatable bonds is 3. The highest BCUT2D eigenvalue weighted by Gasteiger charge is 2.40. The van der Waals surface area contributed by atoms with Crippen molar-refractivity contribution in [2.75, 3.05) is 19.6 Å². The highest BCUT2D eigenvalue weighted by atomic mass is 16.4. The number of nitrogens with zero attached hydrogens (tertiary/aromatic N) is 2. The van der Waals surface area contributed by atoms with E-state index in [4.69, 9.17) is 5.11 Å². The molecule has 0 bridgehead atoms. The zero-order valence-electron chi connectivity index (χ0n) is 13.6. The number of carboxylic acid groups (broad SMARTS) is 1. The number of likely N-dealkylation sites (tertiary alicyclic amines) is 2. The summed E-state index contributed by atoms with van der Waals surface area (Å²) >= 11 is 0. The third kappa shape index (κ3) is 3.51. The molecule has 2 saturated heterocycles. The molecule has 2 amide bonds. The van der Waals surface area contributed by atoms with Crippen LogP contribution in [0, 0.1) is 11.8 Å². The predicted molar refractivity (Wildman–Crippen MR) is 83.6 cm³/mol. The standard InChI is InChI=1S/C17H26N2O4/c20-15-10-13(11-19(15)14-4-2-1-3-5-14)16(21)18-8-6-12(7-9-18)17(22)23/h12-14H,1-11H2,(H,22,23)/t13-/m1/s1. The van der Waals surface area contributed by atoms with Crippen LogP contribution in [0.2, 0.25) is 0 Å². The van der Waals surface area contributed by atoms with Crippen molar-refractivity contribution in [3.63, 3.8) is 0 Å². The van der Waals surface area contributed by atoms with Crippen LogP contribution >= 0.6 is 0 Å². The molecule has 3 fully saturated rings. The molecule has 0 unspecified atom stereocenters. The Morgan fingerprint density at radius 1 is 0.957 bits per heavy atom. The maximum atomic E-state index is 12.7. The molecule has 6 nitrogen and oxygen atoms in total. The molecule has 23 heavy (non-hydrogen) atoms. The summed E-state index contributed by atoms with van der Waals surface area (Å²) in [6.45, 7) is 1.56. The van der Waals surface area contributed by atoms with E-state index >= 15 is 0 Å². The van der Waals surface area contributed by atoms with Gasteiger partial charge in [-0.05, 0) is 25.7 Å². The van der Waals surface area contributed by atoms with Gasteiger partial charge in [0.2, 0.25) is 11.8 Å². The minimum atomic E-state index is -0.767. The molecule has 6 heteroatoms. The number of amides is 2. The van der Waals surface area contributed by atoms with Gasteiger partial charge in [0, 0.05) is 32.1 Å². The van der Waals surface area contributed by atoms with Gasteiger partial charge < -0.3 is 14.9 Å². The summed E-state index contributed by atoms with van der Waals surface area (Å²) in [5.74, 6) is -1.17. The second-order valence-electron chi connectivity index (χ2n) is 7.18. The monoisotopic (exact) mass is 322 g/mol. The van der Waals surface area contributed by atoms with Crippen LogP contribution < -0.4 is 0 Å². The van der Waals surface area contributed by atoms with Gasteiger partial charge in [-0.25, -0.2) is 0 Å². The Morgan fingerprint density at radius 2 is 1.61 bits per heavy atom. The van der Waals surface area contributed by atoms with Crippen molar-refractivity contribution in [1.82, 2.24) is 9.80 Å². The van der Waals surface area contributed by atoms with Crippen molar-refractivity contribution in [3.8, 4) is 0 Å². The summed E-state index contributed by atoms with van der Waals surface area (Å²) in [6, 6.07) is 0.326. The fourth-order valence-corrected chi connectivity index (χ4v) is 4.25. The smallest absolute Gasteiger partial charge is 0.306 e. The SMILES string of the molecule is O=C(O)C1CCN(C(=O)[C@@H]2CC(=O)N(C3CCCCC3)C2)CC1. The maximum absolute atomic E-state index is 12.7. The van der Waals surface area contributed by atoms with E-state index in [0.29, 0.717) is 44.9 Å². The second-order valence-corrected chi connectivity index (χ2v) is 7.18. The van der Waals surface area contributed by atoms with Crippen LogP contribution in [0.5, 0.6) is 0 Å². The molecule has 1 aliphatic carbocycles. The molecular formula is C17H26N2O4. The van der Waals surface area contributed by atoms with E-state index in [2.05, 4.69) is 0 Å². The summed E-state index contributed by atoms with van der Waals surface area (Å²) < 4.78 is 0. The number of aliphatic carboxylic acids is 1. The molecule has 0 spiro atoms. The maximum Gasteiger partial charge on any atom is 0.306 e. The number of piperidine rings is 1. The van der Waals surface area contributed by atoms with Crippen LogP contribution in [-0.2, 0) is 14.4 Å². The van der Waals surface area contributed by atoms with Crippen LogP contribution in [0.4, 0.5) is 0 Å². The van der Waals surface area contributed by atoms with Crippen LogP contribution in [0.15, 0.2) is 0 Å². The highest BCUT2D eigenvalue weighted by Crippen LogP contribution is 2.30. The summed E-state index contributed by atoms with van der Waals surface area (Å²) in [5, 5.41) is 9.03. The Kier molecular flexibility index (Phi) is 4.87. The summed E-state index contributed by atoms with van der Waals surface area (Å²) in [7, 11) is 0. The molecule has 1 saturated carbocycles. The third-order valence-electron chi connectivity index (χ3n) is 5.68. The number of hydrogen-bond acceptors (Lipinski definition) is 3. The fraction of sp³-hybridized carbons (Fsp3) is 0.824. The van der Waals surface area contributed by atoms with Gasteiger partial charge in [-0.3, -0.25) is 14.4 Å². The lowest BCUT2D eigenvalue weighted by molar-refractivity contribution is -0.146. The Bertz CT molecular complexity index is 479. The molecule has 1 N–H and O–H groups in total. The molecule has 0 aromatic heterocycles. The lowest BCUT2D eigenvalue weighted by Gasteiger charge is -2.33. The Balaban J connectivity index is 1.54. The zero-order valence-corrected chi connectivity index (χ0v) is 13.6. The Morgan fingerprint density at radius 3 is 2.22 bits per heavy atom. The molecule has 2 heterocycles. The van der Waals surface area contributed by atoms with Crippen LogP contribution in [0.1, 0.15) is 51.4 Å². The van der Waals surface area contributed by atoms with Gasteiger partial charge in [0.15, 0.2) is 0 Å². The second kappa shape index (κ2) is 6.89. The van der Waals surface area contributed by atoms with Crippen LogP contribution in [0.3, 0.4) is 0 Å². The minimum Gasteiger partial charge on any atom is -0.481 e. The average molecular weight is 322 g/mol. The first kappa shape index (κ1) is 16.3. The van der Waals surface area contributed by atoms with Gasteiger partial charge in [-0.1, -0.05) is 19.3 Å². The molecule has 0 aromatic carbocycles. The van der Waals surface area contributed by atoms with E-state index in [1.165, 1.54) is 19.3 Å². The third-order valence-corrected chi connectivity index (χ3v) is 5.68. The first-order valence-electron chi connectivity index (χ1n) is 8.87. The van der Waals surface area contributed by atoms with Crippen LogP contribution in [0.25, 0.3) is 0 Å². The largest absolute Gasteiger partial charge is 0.481 e. The minimum absolute atomic E-state index is 0.0421. The highest BCUT2D eigenvalue weighted by molar-refractivity contribution is 5.89. The van der Waals surface area contributed by atoms with Crippen molar-refractivity contribution in [1.29, 1.82) is 0 Å². The lowest BCUT2D eigenvalue weighted by Crippen LogP contribution is -2.44. The van der Waals surface area contributed by atoms with Crippen molar-refractivity contribution < 1.29 is 19.5 Å². The molecule has 0 radical (unpaired) electrons. The normalized spacial score (nSPS) is 27.5. The molecule has 3 aliphatic rings. The van der Waals surface area contributed by atoms with Crippen molar-refractivity contribution in [2.45, 2.75) is 57.4 Å². The molecule has 0 aromatic rings. The Labute approximate surface area is 136 Å². The molecule has 1 atom stereocenters. The van der Waals surface area contributed by atoms with E-state index < -0.39 is 5.97 Å². The predicted octanol–water partition coefficient (Wildman–Crippen LogP) is 1.49. The van der Waals surface area contributed by atoms with E-state index in [9.17, 15) is 14.4 Å². The molecular weight excluding hydrogens is 296 g/mol. The van der Waals surface area contributed by atoms with E-state index in [1.54, 1.807) is 4.90 Å². The van der Waals surface area contributed by atoms with Gasteiger partial charge in [0.1, 0.15) is 0 Å². The van der Waals surface area contributed by atoms with Crippen molar-refractivity contribution in [2.24, 2.45) is 11.8 Å². The van der Waals surface area contributed by atoms with E-state index in [1.807, 2.05) is 4.90 Å². The van der Waals surface area contributed by atoms with Crippen molar-refractivity contribution in [3.05, 3.63) is 0 Å². The summed E-state index contributed by atoms with van der Waals surface area (Å²) in [6.07, 6.45) is 7.11. The molecule has 2 aliphatic heterocycles. The Hall–Kier alpha value is -1.59. The van der Waals surface area contributed by atoms with E-state index in [-0.39, 0.29) is 23.7 Å². The quantitative estimate of drug-likeness (QED) is 0.854. The van der Waals surface area contributed by atoms with Gasteiger partial charge >= 0.3 is 5.97 Å². The first-order valence-corrected chi connectivity index (χ1v) is 8.87. The number of carbonyl (C=O) groups excluding carboxylic acids is 2. The van der Waals surface area contributed by atoms with Gasteiger partial charge in [-0.2, -0.15) is 0 Å². The number of hydrogen-bond donors (Lipinski definition) is 1. The first-order chi connectivity index (χ1) is 11.1. The van der Waals surface area contributed by atoms with Crippen LogP contribution in [-0.4, -0.2) is 58.4 Å². The van der Waals surface area contributed by atoms with E-state index in [0.717, 1.165) is 12.8 Å². The lowest BCUT2D eigenvalue weighted by atomic mass is 9.94. The summed E-state index contributed by atoms with van der Waals surface area (Å²) in [5.41, 5.74) is 0. The number of carbonyl (C=O) groups is 3. The van der Waals surface area contributed by atoms with Gasteiger partial charge in [0.05, 0.1) is 11.8 Å². The molecule has 3 rings (SSSR count).